The van der Waals surface area contributed by atoms with Crippen molar-refractivity contribution in [3.05, 3.63) is 82.6 Å². The lowest BCUT2D eigenvalue weighted by atomic mass is 10.2. The van der Waals surface area contributed by atoms with E-state index in [2.05, 4.69) is 15.5 Å². The van der Waals surface area contributed by atoms with Gasteiger partial charge in [0.1, 0.15) is 5.76 Å². The van der Waals surface area contributed by atoms with Gasteiger partial charge in [-0.3, -0.25) is 10.1 Å². The molecule has 4 rings (SSSR count). The SMILES string of the molecule is Cc1cc(CSc2ccccc2C(=O)Nc2nc(-c3ccc(F)c(F)c3)cs2)on1. The van der Waals surface area contributed by atoms with Crippen LogP contribution in [0.1, 0.15) is 21.8 Å². The van der Waals surface area contributed by atoms with Crippen LogP contribution >= 0.6 is 23.1 Å². The number of rotatable bonds is 6. The topological polar surface area (TPSA) is 68.0 Å². The third kappa shape index (κ3) is 4.58. The minimum Gasteiger partial charge on any atom is -0.360 e. The van der Waals surface area contributed by atoms with E-state index in [-0.39, 0.29) is 5.91 Å². The van der Waals surface area contributed by atoms with E-state index in [4.69, 9.17) is 4.52 Å². The summed E-state index contributed by atoms with van der Waals surface area (Å²) < 4.78 is 31.8. The van der Waals surface area contributed by atoms with Crippen LogP contribution in [-0.4, -0.2) is 16.0 Å². The van der Waals surface area contributed by atoms with Crippen LogP contribution in [0.2, 0.25) is 0 Å². The monoisotopic (exact) mass is 443 g/mol. The summed E-state index contributed by atoms with van der Waals surface area (Å²) in [5.41, 5.74) is 2.20. The summed E-state index contributed by atoms with van der Waals surface area (Å²) in [6.45, 7) is 1.85. The Kier molecular flexibility index (Phi) is 5.91. The van der Waals surface area contributed by atoms with E-state index < -0.39 is 11.6 Å². The molecule has 1 amide bonds. The third-order valence-electron chi connectivity index (χ3n) is 4.12. The van der Waals surface area contributed by atoms with Crippen molar-refractivity contribution in [3.8, 4) is 11.3 Å². The first-order valence-electron chi connectivity index (χ1n) is 8.86. The predicted octanol–water partition coefficient (Wildman–Crippen LogP) is 5.93. The van der Waals surface area contributed by atoms with E-state index in [1.807, 2.05) is 25.1 Å². The number of halogens is 2. The van der Waals surface area contributed by atoms with E-state index in [1.165, 1.54) is 29.2 Å². The van der Waals surface area contributed by atoms with Gasteiger partial charge in [0.2, 0.25) is 0 Å². The highest BCUT2D eigenvalue weighted by atomic mass is 32.2. The molecule has 152 valence electrons. The predicted molar refractivity (Wildman–Crippen MR) is 113 cm³/mol. The minimum atomic E-state index is -0.945. The highest BCUT2D eigenvalue weighted by molar-refractivity contribution is 7.98. The van der Waals surface area contributed by atoms with Crippen molar-refractivity contribution in [1.82, 2.24) is 10.1 Å². The van der Waals surface area contributed by atoms with Gasteiger partial charge in [0.05, 0.1) is 22.7 Å². The average Bonchev–Trinajstić information content (AvgIpc) is 3.37. The first kappa shape index (κ1) is 20.2. The van der Waals surface area contributed by atoms with Crippen LogP contribution in [0, 0.1) is 18.6 Å². The van der Waals surface area contributed by atoms with Crippen molar-refractivity contribution in [2.24, 2.45) is 0 Å². The van der Waals surface area contributed by atoms with Crippen LogP contribution in [0.4, 0.5) is 13.9 Å². The fourth-order valence-electron chi connectivity index (χ4n) is 2.70. The molecule has 0 aliphatic carbocycles. The molecule has 5 nitrogen and oxygen atoms in total. The summed E-state index contributed by atoms with van der Waals surface area (Å²) >= 11 is 2.68. The first-order valence-corrected chi connectivity index (χ1v) is 10.7. The largest absolute Gasteiger partial charge is 0.360 e. The zero-order valence-corrected chi connectivity index (χ0v) is 17.3. The van der Waals surface area contributed by atoms with Crippen molar-refractivity contribution in [2.45, 2.75) is 17.6 Å². The molecule has 30 heavy (non-hydrogen) atoms. The zero-order chi connectivity index (χ0) is 21.1. The second-order valence-corrected chi connectivity index (χ2v) is 8.22. The Hall–Kier alpha value is -3.04. The molecule has 0 aliphatic heterocycles. The quantitative estimate of drug-likeness (QED) is 0.374. The number of thioether (sulfide) groups is 1. The summed E-state index contributed by atoms with van der Waals surface area (Å²) in [5.74, 6) is -0.902. The Balaban J connectivity index is 1.48. The Morgan fingerprint density at radius 3 is 2.77 bits per heavy atom. The maximum Gasteiger partial charge on any atom is 0.258 e. The Morgan fingerprint density at radius 2 is 2.00 bits per heavy atom. The molecule has 2 aromatic carbocycles. The molecule has 4 aromatic rings. The lowest BCUT2D eigenvalue weighted by Crippen LogP contribution is -2.12. The molecule has 2 aromatic heterocycles. The normalized spacial score (nSPS) is 10.9. The molecular formula is C21H15F2N3O2S2. The second-order valence-electron chi connectivity index (χ2n) is 6.34. The van der Waals surface area contributed by atoms with Gasteiger partial charge in [0, 0.05) is 21.9 Å². The molecule has 2 heterocycles. The minimum absolute atomic E-state index is 0.307. The van der Waals surface area contributed by atoms with E-state index in [0.29, 0.717) is 27.7 Å². The number of nitrogens with zero attached hydrogens (tertiary/aromatic N) is 2. The van der Waals surface area contributed by atoms with Crippen LogP contribution in [0.15, 0.2) is 63.3 Å². The highest BCUT2D eigenvalue weighted by Crippen LogP contribution is 2.29. The maximum atomic E-state index is 13.5. The van der Waals surface area contributed by atoms with Gasteiger partial charge in [-0.05, 0) is 37.3 Å². The number of nitrogens with one attached hydrogen (secondary N) is 1. The number of hydrogen-bond acceptors (Lipinski definition) is 6. The number of hydrogen-bond donors (Lipinski definition) is 1. The number of amides is 1. The van der Waals surface area contributed by atoms with Crippen LogP contribution in [0.3, 0.4) is 0 Å². The number of benzene rings is 2. The lowest BCUT2D eigenvalue weighted by Gasteiger charge is -2.07. The molecule has 0 saturated carbocycles. The van der Waals surface area contributed by atoms with Crippen LogP contribution in [0.25, 0.3) is 11.3 Å². The van der Waals surface area contributed by atoms with Gasteiger partial charge in [-0.2, -0.15) is 0 Å². The molecule has 0 fully saturated rings. The number of aromatic nitrogens is 2. The molecule has 0 atom stereocenters. The van der Waals surface area contributed by atoms with Crippen LogP contribution < -0.4 is 5.32 Å². The standard InChI is InChI=1S/C21H15F2N3O2S2/c1-12-8-14(28-26-12)10-29-19-5-3-2-4-15(19)20(27)25-21-24-18(11-30-21)13-6-7-16(22)17(23)9-13/h2-9,11H,10H2,1H3,(H,24,25,27). The first-order chi connectivity index (χ1) is 14.5. The highest BCUT2D eigenvalue weighted by Gasteiger charge is 2.15. The van der Waals surface area contributed by atoms with Gasteiger partial charge < -0.3 is 4.52 Å². The van der Waals surface area contributed by atoms with Crippen molar-refractivity contribution in [3.63, 3.8) is 0 Å². The van der Waals surface area contributed by atoms with E-state index in [0.717, 1.165) is 28.5 Å². The molecule has 0 radical (unpaired) electrons. The van der Waals surface area contributed by atoms with Gasteiger partial charge in [-0.25, -0.2) is 13.8 Å². The summed E-state index contributed by atoms with van der Waals surface area (Å²) in [4.78, 5) is 17.9. The van der Waals surface area contributed by atoms with Gasteiger partial charge in [0.25, 0.3) is 5.91 Å². The van der Waals surface area contributed by atoms with Crippen molar-refractivity contribution >= 4 is 34.1 Å². The Labute approximate surface area is 179 Å². The molecule has 1 N–H and O–H groups in total. The number of anilines is 1. The third-order valence-corrected chi connectivity index (χ3v) is 5.97. The van der Waals surface area contributed by atoms with Crippen molar-refractivity contribution in [2.75, 3.05) is 5.32 Å². The molecular weight excluding hydrogens is 428 g/mol. The van der Waals surface area contributed by atoms with Gasteiger partial charge in [-0.15, -0.1) is 23.1 Å². The van der Waals surface area contributed by atoms with E-state index >= 15 is 0 Å². The van der Waals surface area contributed by atoms with E-state index in [9.17, 15) is 13.6 Å². The fourth-order valence-corrected chi connectivity index (χ4v) is 4.34. The van der Waals surface area contributed by atoms with E-state index in [1.54, 1.807) is 17.5 Å². The lowest BCUT2D eigenvalue weighted by molar-refractivity contribution is 0.102. The summed E-state index contributed by atoms with van der Waals surface area (Å²) in [7, 11) is 0. The number of thiazole rings is 1. The summed E-state index contributed by atoms with van der Waals surface area (Å²) in [5, 5.41) is 8.67. The zero-order valence-electron chi connectivity index (χ0n) is 15.7. The maximum absolute atomic E-state index is 13.5. The Morgan fingerprint density at radius 1 is 1.17 bits per heavy atom. The molecule has 0 spiro atoms. The summed E-state index contributed by atoms with van der Waals surface area (Å²) in [6.07, 6.45) is 0. The fraction of sp³-hybridized carbons (Fsp3) is 0.0952. The van der Waals surface area contributed by atoms with Gasteiger partial charge in [0.15, 0.2) is 16.8 Å². The molecule has 0 bridgehead atoms. The molecule has 0 aliphatic rings. The molecule has 9 heteroatoms. The average molecular weight is 444 g/mol. The number of aryl methyl sites for hydroxylation is 1. The van der Waals surface area contributed by atoms with Gasteiger partial charge >= 0.3 is 0 Å². The second kappa shape index (κ2) is 8.76. The summed E-state index contributed by atoms with van der Waals surface area (Å²) in [6, 6.07) is 12.6. The van der Waals surface area contributed by atoms with Crippen LogP contribution in [0.5, 0.6) is 0 Å². The van der Waals surface area contributed by atoms with Gasteiger partial charge in [-0.1, -0.05) is 17.3 Å². The number of carbonyl (C=O) groups is 1. The molecule has 0 unspecified atom stereocenters. The molecule has 0 saturated heterocycles. The smallest absolute Gasteiger partial charge is 0.258 e. The van der Waals surface area contributed by atoms with Crippen LogP contribution in [-0.2, 0) is 5.75 Å². The Bertz CT molecular complexity index is 1210. The van der Waals surface area contributed by atoms with Crippen molar-refractivity contribution in [1.29, 1.82) is 0 Å². The number of carbonyl (C=O) groups excluding carboxylic acids is 1. The van der Waals surface area contributed by atoms with Crippen molar-refractivity contribution < 1.29 is 18.1 Å².